The molecule has 1 fully saturated rings. The molecule has 5 rings (SSSR count). The molecule has 17 nitrogen and oxygen atoms in total. The van der Waals surface area contributed by atoms with Crippen molar-refractivity contribution in [2.45, 2.75) is 63.6 Å². The van der Waals surface area contributed by atoms with Gasteiger partial charge in [-0.05, 0) is 25.0 Å². The van der Waals surface area contributed by atoms with Crippen molar-refractivity contribution in [3.8, 4) is 23.5 Å². The van der Waals surface area contributed by atoms with Crippen molar-refractivity contribution < 1.29 is 42.6 Å². The fourth-order valence-electron chi connectivity index (χ4n) is 5.01. The minimum Gasteiger partial charge on any atom is -0.464 e. The van der Waals surface area contributed by atoms with Gasteiger partial charge in [0.05, 0.1) is 18.9 Å². The van der Waals surface area contributed by atoms with E-state index in [0.29, 0.717) is 11.1 Å². The number of aliphatic hydroxyl groups excluding tert-OH is 2. The molecule has 0 aliphatic carbocycles. The van der Waals surface area contributed by atoms with Crippen LogP contribution < -0.4 is 15.3 Å². The van der Waals surface area contributed by atoms with Crippen LogP contribution >= 0.6 is 7.75 Å². The van der Waals surface area contributed by atoms with Crippen molar-refractivity contribution in [1.82, 2.24) is 29.8 Å². The number of nitrogens with two attached hydrogens (primary N) is 1. The molecular weight excluding hydrogens is 635 g/mol. The first kappa shape index (κ1) is 33.9. The standard InChI is InChI=1S/C29H35N8O9P/c1-4-18(5-2)13-42-27(40)17(3)36-47(41,46-28-34-26(35-45-28)19-9-7-6-8-10-19)43-14-21-23(38)24(39)29(15-30,44-21)22-12-11-20-25(31)32-16-33-37(20)22/h6-12,16-18,21,23-24,38-39H,4-5,13-14H2,1-3H3,(H,36,41)(H2,31,32,33)/t17-,21+,23+,24+,29-,47?/m0/s1. The van der Waals surface area contributed by atoms with E-state index in [1.165, 1.54) is 23.6 Å². The Morgan fingerprint density at radius 3 is 2.68 bits per heavy atom. The Morgan fingerprint density at radius 1 is 1.23 bits per heavy atom. The summed E-state index contributed by atoms with van der Waals surface area (Å²) in [5, 5.41) is 42.7. The van der Waals surface area contributed by atoms with E-state index in [0.717, 1.165) is 19.2 Å². The molecule has 3 aromatic heterocycles. The summed E-state index contributed by atoms with van der Waals surface area (Å²) in [6.07, 6.45) is -2.71. The lowest BCUT2D eigenvalue weighted by atomic mass is 9.92. The summed E-state index contributed by atoms with van der Waals surface area (Å²) in [6, 6.07) is 12.5. The van der Waals surface area contributed by atoms with Crippen molar-refractivity contribution in [2.24, 2.45) is 5.92 Å². The number of rotatable bonds is 14. The predicted octanol–water partition coefficient (Wildman–Crippen LogP) is 2.36. The van der Waals surface area contributed by atoms with E-state index >= 15 is 0 Å². The van der Waals surface area contributed by atoms with E-state index in [-0.39, 0.29) is 29.9 Å². The van der Waals surface area contributed by atoms with Crippen molar-refractivity contribution in [3.63, 3.8) is 0 Å². The molecule has 1 unspecified atom stereocenters. The summed E-state index contributed by atoms with van der Waals surface area (Å²) in [6.45, 7) is 4.83. The van der Waals surface area contributed by atoms with Crippen LogP contribution in [0, 0.1) is 17.2 Å². The van der Waals surface area contributed by atoms with Gasteiger partial charge in [-0.3, -0.25) is 13.8 Å². The van der Waals surface area contributed by atoms with Gasteiger partial charge >= 0.3 is 19.8 Å². The lowest BCUT2D eigenvalue weighted by Crippen LogP contribution is -2.41. The highest BCUT2D eigenvalue weighted by atomic mass is 31.2. The Bertz CT molecular complexity index is 1780. The zero-order chi connectivity index (χ0) is 33.8. The quantitative estimate of drug-likeness (QED) is 0.111. The van der Waals surface area contributed by atoms with Crippen molar-refractivity contribution in [1.29, 1.82) is 5.26 Å². The predicted molar refractivity (Wildman–Crippen MR) is 163 cm³/mol. The van der Waals surface area contributed by atoms with E-state index in [9.17, 15) is 24.8 Å². The lowest BCUT2D eigenvalue weighted by molar-refractivity contribution is -0.146. The highest BCUT2D eigenvalue weighted by Crippen LogP contribution is 2.47. The average molecular weight is 671 g/mol. The Hall–Kier alpha value is -4.43. The number of anilines is 1. The minimum atomic E-state index is -4.59. The van der Waals surface area contributed by atoms with Crippen LogP contribution in [0.4, 0.5) is 5.82 Å². The molecule has 250 valence electrons. The molecule has 0 radical (unpaired) electrons. The molecule has 1 aromatic carbocycles. The fraction of sp³-hybridized carbons (Fsp3) is 0.448. The normalized spacial score (nSPS) is 23.0. The fourth-order valence-corrected chi connectivity index (χ4v) is 6.39. The second-order valence-corrected chi connectivity index (χ2v) is 12.6. The van der Waals surface area contributed by atoms with Gasteiger partial charge in [-0.1, -0.05) is 62.2 Å². The summed E-state index contributed by atoms with van der Waals surface area (Å²) in [4.78, 5) is 20.8. The lowest BCUT2D eigenvalue weighted by Gasteiger charge is -2.25. The second-order valence-electron chi connectivity index (χ2n) is 10.9. The average Bonchev–Trinajstić information content (AvgIpc) is 3.79. The monoisotopic (exact) mass is 670 g/mol. The Labute approximate surface area is 269 Å². The van der Waals surface area contributed by atoms with Gasteiger partial charge in [-0.15, -0.1) is 0 Å². The molecule has 18 heteroatoms. The number of fused-ring (bicyclic) bond motifs is 1. The molecule has 6 atom stereocenters. The van der Waals surface area contributed by atoms with Gasteiger partial charge in [-0.2, -0.15) is 20.4 Å². The topological polar surface area (TPSA) is 242 Å². The molecule has 5 N–H and O–H groups in total. The largest absolute Gasteiger partial charge is 0.464 e. The van der Waals surface area contributed by atoms with Crippen molar-refractivity contribution in [2.75, 3.05) is 18.9 Å². The Morgan fingerprint density at radius 2 is 1.98 bits per heavy atom. The van der Waals surface area contributed by atoms with Crippen molar-refractivity contribution in [3.05, 3.63) is 54.5 Å². The van der Waals surface area contributed by atoms with Crippen LogP contribution in [0.2, 0.25) is 0 Å². The van der Waals surface area contributed by atoms with Crippen LogP contribution in [-0.4, -0.2) is 78.5 Å². The summed E-state index contributed by atoms with van der Waals surface area (Å²) in [5.41, 5.74) is 4.76. The maximum Gasteiger partial charge on any atom is 0.462 e. The molecule has 4 aromatic rings. The smallest absolute Gasteiger partial charge is 0.462 e. The van der Waals surface area contributed by atoms with Gasteiger partial charge in [-0.25, -0.2) is 14.1 Å². The van der Waals surface area contributed by atoms with Crippen LogP contribution in [0.15, 0.2) is 53.3 Å². The minimum absolute atomic E-state index is 0.0591. The molecule has 0 bridgehead atoms. The number of benzene rings is 1. The third-order valence-corrected chi connectivity index (χ3v) is 9.44. The first-order valence-electron chi connectivity index (χ1n) is 14.9. The van der Waals surface area contributed by atoms with Gasteiger partial charge in [0.1, 0.15) is 42.3 Å². The number of nitrogens with zero attached hydrogens (tertiary/aromatic N) is 6. The number of hydrogen-bond donors (Lipinski definition) is 4. The molecule has 1 saturated heterocycles. The highest BCUT2D eigenvalue weighted by molar-refractivity contribution is 7.52. The molecular formula is C29H35N8O9P. The molecule has 0 saturated carbocycles. The zero-order valence-corrected chi connectivity index (χ0v) is 26.7. The molecule has 0 amide bonds. The van der Waals surface area contributed by atoms with E-state index in [2.05, 4.69) is 25.3 Å². The first-order valence-corrected chi connectivity index (χ1v) is 16.4. The Balaban J connectivity index is 1.37. The summed E-state index contributed by atoms with van der Waals surface area (Å²) >= 11 is 0. The number of nitriles is 1. The van der Waals surface area contributed by atoms with Crippen LogP contribution in [0.25, 0.3) is 16.9 Å². The number of carbonyl (C=O) groups is 1. The van der Waals surface area contributed by atoms with Crippen molar-refractivity contribution >= 4 is 25.1 Å². The first-order chi connectivity index (χ1) is 22.5. The van der Waals surface area contributed by atoms with Crippen LogP contribution in [0.5, 0.6) is 6.08 Å². The number of nitrogens with one attached hydrogen (secondary N) is 1. The maximum absolute atomic E-state index is 14.1. The van der Waals surface area contributed by atoms with Crippen LogP contribution in [0.1, 0.15) is 39.3 Å². The third kappa shape index (κ3) is 6.98. The molecule has 47 heavy (non-hydrogen) atoms. The molecule has 1 aliphatic heterocycles. The van der Waals surface area contributed by atoms with Crippen LogP contribution in [0.3, 0.4) is 0 Å². The number of nitrogen functional groups attached to an aromatic ring is 1. The van der Waals surface area contributed by atoms with Gasteiger partial charge in [0.25, 0.3) is 0 Å². The molecule has 1 aliphatic rings. The van der Waals surface area contributed by atoms with Gasteiger partial charge in [0.15, 0.2) is 5.82 Å². The maximum atomic E-state index is 14.1. The zero-order valence-electron chi connectivity index (χ0n) is 25.8. The number of ether oxygens (including phenoxy) is 2. The summed E-state index contributed by atoms with van der Waals surface area (Å²) in [5.74, 6) is -0.337. The number of aliphatic hydroxyl groups is 2. The SMILES string of the molecule is CCC(CC)COC(=O)[C@H](C)NP(=O)(OC[C@H]1O[C@@](C#N)(c2ccc3c(N)ncnn23)[C@H](O)[C@@H]1O)Oc1nc(-c2ccccc2)no1. The van der Waals surface area contributed by atoms with Gasteiger partial charge < -0.3 is 29.9 Å². The Kier molecular flexibility index (Phi) is 10.2. The van der Waals surface area contributed by atoms with E-state index in [1.807, 2.05) is 19.9 Å². The number of aromatic nitrogens is 5. The van der Waals surface area contributed by atoms with Gasteiger partial charge in [0.2, 0.25) is 11.4 Å². The number of carbonyl (C=O) groups excluding carboxylic acids is 1. The summed E-state index contributed by atoms with van der Waals surface area (Å²) in [7, 11) is -4.59. The van der Waals surface area contributed by atoms with Gasteiger partial charge in [0, 0.05) is 5.56 Å². The third-order valence-electron chi connectivity index (χ3n) is 7.85. The number of esters is 1. The molecule has 4 heterocycles. The second kappa shape index (κ2) is 14.1. The number of hydrogen-bond acceptors (Lipinski definition) is 15. The molecule has 0 spiro atoms. The highest BCUT2D eigenvalue weighted by Gasteiger charge is 2.58. The van der Waals surface area contributed by atoms with E-state index < -0.39 is 56.4 Å². The van der Waals surface area contributed by atoms with E-state index in [1.54, 1.807) is 30.3 Å². The van der Waals surface area contributed by atoms with Crippen LogP contribution in [-0.2, 0) is 29.0 Å². The van der Waals surface area contributed by atoms with E-state index in [4.69, 9.17) is 28.8 Å². The summed E-state index contributed by atoms with van der Waals surface area (Å²) < 4.78 is 43.0.